The number of methoxy groups -OCH3 is 1. The topological polar surface area (TPSA) is 47.6 Å². The van der Waals surface area contributed by atoms with Gasteiger partial charge in [-0.3, -0.25) is 4.79 Å². The summed E-state index contributed by atoms with van der Waals surface area (Å²) in [6.45, 7) is 3.55. The van der Waals surface area contributed by atoms with E-state index in [-0.39, 0.29) is 5.91 Å². The second kappa shape index (κ2) is 7.79. The van der Waals surface area contributed by atoms with Gasteiger partial charge >= 0.3 is 0 Å². The lowest BCUT2D eigenvalue weighted by Crippen LogP contribution is -2.27. The van der Waals surface area contributed by atoms with Crippen LogP contribution in [0.25, 0.3) is 0 Å². The Morgan fingerprint density at radius 1 is 1.28 bits per heavy atom. The van der Waals surface area contributed by atoms with E-state index in [0.29, 0.717) is 31.9 Å². The summed E-state index contributed by atoms with van der Waals surface area (Å²) in [6, 6.07) is 4.24. The highest BCUT2D eigenvalue weighted by atomic mass is 19.1. The highest BCUT2D eigenvalue weighted by Crippen LogP contribution is 2.07. The van der Waals surface area contributed by atoms with Gasteiger partial charge in [0.25, 0.3) is 5.91 Å². The Kier molecular flexibility index (Phi) is 6.32. The van der Waals surface area contributed by atoms with Crippen molar-refractivity contribution in [3.8, 4) is 0 Å². The predicted octanol–water partition coefficient (Wildman–Crippen LogP) is 1.53. The largest absolute Gasteiger partial charge is 0.382 e. The normalized spacial score (nSPS) is 10.4. The zero-order valence-corrected chi connectivity index (χ0v) is 10.7. The predicted molar refractivity (Wildman–Crippen MR) is 66.2 cm³/mol. The van der Waals surface area contributed by atoms with Crippen molar-refractivity contribution in [3.63, 3.8) is 0 Å². The number of carbonyl (C=O) groups excluding carboxylic acids is 1. The molecule has 18 heavy (non-hydrogen) atoms. The summed E-state index contributed by atoms with van der Waals surface area (Å²) < 4.78 is 23.1. The zero-order valence-electron chi connectivity index (χ0n) is 10.7. The minimum absolute atomic E-state index is 0.298. The first kappa shape index (κ1) is 14.6. The van der Waals surface area contributed by atoms with E-state index in [1.807, 2.05) is 0 Å². The average molecular weight is 255 g/mol. The van der Waals surface area contributed by atoms with E-state index in [1.54, 1.807) is 20.1 Å². The number of ether oxygens (including phenoxy) is 2. The molecule has 1 aromatic carbocycles. The standard InChI is InChI=1S/C13H18FNO3/c1-10-7-11(9-12(14)8-10)13(16)15-3-4-18-6-5-17-2/h7-9H,3-6H2,1-2H3,(H,15,16). The summed E-state index contributed by atoms with van der Waals surface area (Å²) in [6.07, 6.45) is 0. The molecule has 0 radical (unpaired) electrons. The van der Waals surface area contributed by atoms with Crippen LogP contribution in [0.2, 0.25) is 0 Å². The van der Waals surface area contributed by atoms with Crippen LogP contribution in [0.15, 0.2) is 18.2 Å². The second-order valence-electron chi connectivity index (χ2n) is 3.88. The molecule has 0 aliphatic heterocycles. The van der Waals surface area contributed by atoms with E-state index in [1.165, 1.54) is 12.1 Å². The van der Waals surface area contributed by atoms with E-state index in [2.05, 4.69) is 5.32 Å². The van der Waals surface area contributed by atoms with E-state index in [9.17, 15) is 9.18 Å². The van der Waals surface area contributed by atoms with Crippen molar-refractivity contribution in [2.45, 2.75) is 6.92 Å². The molecule has 1 amide bonds. The van der Waals surface area contributed by atoms with Crippen LogP contribution in [-0.4, -0.2) is 39.4 Å². The molecule has 0 atom stereocenters. The van der Waals surface area contributed by atoms with Crippen molar-refractivity contribution >= 4 is 5.91 Å². The van der Waals surface area contributed by atoms with Crippen LogP contribution in [-0.2, 0) is 9.47 Å². The second-order valence-corrected chi connectivity index (χ2v) is 3.88. The van der Waals surface area contributed by atoms with Crippen molar-refractivity contribution in [1.82, 2.24) is 5.32 Å². The first-order chi connectivity index (χ1) is 8.63. The summed E-state index contributed by atoms with van der Waals surface area (Å²) in [4.78, 5) is 11.7. The number of hydrogen-bond donors (Lipinski definition) is 1. The fourth-order valence-corrected chi connectivity index (χ4v) is 1.45. The molecule has 0 heterocycles. The van der Waals surface area contributed by atoms with E-state index < -0.39 is 5.82 Å². The van der Waals surface area contributed by atoms with Crippen LogP contribution >= 0.6 is 0 Å². The molecule has 0 fully saturated rings. The lowest BCUT2D eigenvalue weighted by molar-refractivity contribution is 0.0692. The molecular formula is C13H18FNO3. The lowest BCUT2D eigenvalue weighted by Gasteiger charge is -2.07. The van der Waals surface area contributed by atoms with Crippen LogP contribution in [0.3, 0.4) is 0 Å². The zero-order chi connectivity index (χ0) is 13.4. The van der Waals surface area contributed by atoms with Gasteiger partial charge in [-0.15, -0.1) is 0 Å². The molecule has 1 N–H and O–H groups in total. The van der Waals surface area contributed by atoms with Gasteiger partial charge in [0.05, 0.1) is 19.8 Å². The Morgan fingerprint density at radius 2 is 2.06 bits per heavy atom. The number of nitrogens with one attached hydrogen (secondary N) is 1. The molecule has 0 saturated heterocycles. The van der Waals surface area contributed by atoms with Crippen molar-refractivity contribution in [1.29, 1.82) is 0 Å². The molecule has 0 spiro atoms. The summed E-state index contributed by atoms with van der Waals surface area (Å²) >= 11 is 0. The van der Waals surface area contributed by atoms with Gasteiger partial charge in [0, 0.05) is 19.2 Å². The monoisotopic (exact) mass is 255 g/mol. The highest BCUT2D eigenvalue weighted by molar-refractivity contribution is 5.94. The van der Waals surface area contributed by atoms with Gasteiger partial charge < -0.3 is 14.8 Å². The average Bonchev–Trinajstić information content (AvgIpc) is 2.32. The third-order valence-corrected chi connectivity index (χ3v) is 2.27. The van der Waals surface area contributed by atoms with Crippen molar-refractivity contribution in [3.05, 3.63) is 35.1 Å². The first-order valence-corrected chi connectivity index (χ1v) is 5.75. The van der Waals surface area contributed by atoms with Crippen LogP contribution in [0.4, 0.5) is 4.39 Å². The lowest BCUT2D eigenvalue weighted by atomic mass is 10.1. The number of carbonyl (C=O) groups is 1. The minimum Gasteiger partial charge on any atom is -0.382 e. The van der Waals surface area contributed by atoms with Gasteiger partial charge in [-0.05, 0) is 30.7 Å². The molecule has 0 bridgehead atoms. The van der Waals surface area contributed by atoms with E-state index in [0.717, 1.165) is 5.56 Å². The van der Waals surface area contributed by atoms with Crippen LogP contribution in [0.5, 0.6) is 0 Å². The molecular weight excluding hydrogens is 237 g/mol. The first-order valence-electron chi connectivity index (χ1n) is 5.75. The summed E-state index contributed by atoms with van der Waals surface area (Å²) in [5, 5.41) is 2.66. The minimum atomic E-state index is -0.406. The smallest absolute Gasteiger partial charge is 0.251 e. The van der Waals surface area contributed by atoms with Gasteiger partial charge in [-0.25, -0.2) is 4.39 Å². The van der Waals surface area contributed by atoms with Crippen molar-refractivity contribution in [2.75, 3.05) is 33.5 Å². The molecule has 1 aromatic rings. The fraction of sp³-hybridized carbons (Fsp3) is 0.462. The maximum atomic E-state index is 13.1. The maximum absolute atomic E-state index is 13.1. The van der Waals surface area contributed by atoms with Crippen LogP contribution in [0.1, 0.15) is 15.9 Å². The molecule has 100 valence electrons. The fourth-order valence-electron chi connectivity index (χ4n) is 1.45. The number of halogens is 1. The highest BCUT2D eigenvalue weighted by Gasteiger charge is 2.06. The summed E-state index contributed by atoms with van der Waals surface area (Å²) in [5.74, 6) is -0.704. The molecule has 0 aliphatic carbocycles. The summed E-state index contributed by atoms with van der Waals surface area (Å²) in [5.41, 5.74) is 1.04. The Morgan fingerprint density at radius 3 is 2.72 bits per heavy atom. The summed E-state index contributed by atoms with van der Waals surface area (Å²) in [7, 11) is 1.59. The van der Waals surface area contributed by atoms with Crippen molar-refractivity contribution in [2.24, 2.45) is 0 Å². The Hall–Kier alpha value is -1.46. The Balaban J connectivity index is 2.32. The van der Waals surface area contributed by atoms with Gasteiger partial charge in [-0.1, -0.05) is 0 Å². The third-order valence-electron chi connectivity index (χ3n) is 2.27. The van der Waals surface area contributed by atoms with Gasteiger partial charge in [0.1, 0.15) is 5.82 Å². The molecule has 4 nitrogen and oxygen atoms in total. The number of rotatable bonds is 7. The number of hydrogen-bond acceptors (Lipinski definition) is 3. The quantitative estimate of drug-likeness (QED) is 0.752. The molecule has 0 aromatic heterocycles. The Labute approximate surface area is 106 Å². The molecule has 0 unspecified atom stereocenters. The van der Waals surface area contributed by atoms with Crippen molar-refractivity contribution < 1.29 is 18.7 Å². The van der Waals surface area contributed by atoms with E-state index >= 15 is 0 Å². The molecule has 1 rings (SSSR count). The number of benzene rings is 1. The van der Waals surface area contributed by atoms with Gasteiger partial charge in [0.15, 0.2) is 0 Å². The molecule has 0 saturated carbocycles. The number of amides is 1. The maximum Gasteiger partial charge on any atom is 0.251 e. The molecule has 5 heteroatoms. The van der Waals surface area contributed by atoms with Gasteiger partial charge in [-0.2, -0.15) is 0 Å². The molecule has 0 aliphatic rings. The third kappa shape index (κ3) is 5.25. The number of aryl methyl sites for hydroxylation is 1. The van der Waals surface area contributed by atoms with Crippen LogP contribution < -0.4 is 5.32 Å². The van der Waals surface area contributed by atoms with Gasteiger partial charge in [0.2, 0.25) is 0 Å². The van der Waals surface area contributed by atoms with E-state index in [4.69, 9.17) is 9.47 Å². The van der Waals surface area contributed by atoms with Crippen LogP contribution in [0, 0.1) is 12.7 Å². The Bertz CT molecular complexity index is 376. The SMILES string of the molecule is COCCOCCNC(=O)c1cc(C)cc(F)c1.